The molecule has 4 rings (SSSR count). The third-order valence-electron chi connectivity index (χ3n) is 5.74. The molecule has 2 aromatic heterocycles. The van der Waals surface area contributed by atoms with E-state index in [1.807, 2.05) is 19.1 Å². The van der Waals surface area contributed by atoms with Gasteiger partial charge in [-0.05, 0) is 44.0 Å². The molecule has 1 aliphatic rings. The minimum atomic E-state index is -3.05. The van der Waals surface area contributed by atoms with Crippen LogP contribution in [-0.2, 0) is 4.79 Å². The third-order valence-corrected chi connectivity index (χ3v) is 5.74. The number of fused-ring (bicyclic) bond motifs is 1. The van der Waals surface area contributed by atoms with Gasteiger partial charge in [-0.15, -0.1) is 0 Å². The van der Waals surface area contributed by atoms with E-state index in [-0.39, 0.29) is 12.0 Å². The number of hydrogen-bond acceptors (Lipinski definition) is 6. The van der Waals surface area contributed by atoms with Crippen LogP contribution >= 0.6 is 0 Å². The maximum Gasteiger partial charge on any atom is 0.265 e. The number of pyridine rings is 1. The summed E-state index contributed by atoms with van der Waals surface area (Å²) in [5.41, 5.74) is 3.17. The monoisotopic (exact) mass is 453 g/mol. The predicted octanol–water partition coefficient (Wildman–Crippen LogP) is 3.39. The van der Waals surface area contributed by atoms with Crippen molar-refractivity contribution in [2.24, 2.45) is 0 Å². The van der Waals surface area contributed by atoms with Gasteiger partial charge in [0.15, 0.2) is 0 Å². The number of carbonyl (C=O) groups is 2. The van der Waals surface area contributed by atoms with Crippen LogP contribution in [0.25, 0.3) is 22.0 Å². The summed E-state index contributed by atoms with van der Waals surface area (Å²) in [6.45, 7) is 2.27. The van der Waals surface area contributed by atoms with Crippen molar-refractivity contribution in [2.75, 3.05) is 13.1 Å². The topological polar surface area (TPSA) is 112 Å². The third kappa shape index (κ3) is 4.39. The molecule has 2 amide bonds. The van der Waals surface area contributed by atoms with Crippen molar-refractivity contribution in [1.29, 1.82) is 5.26 Å². The van der Waals surface area contributed by atoms with Crippen LogP contribution in [0.15, 0.2) is 35.0 Å². The van der Waals surface area contributed by atoms with E-state index in [9.17, 15) is 23.6 Å². The summed E-state index contributed by atoms with van der Waals surface area (Å²) >= 11 is 0. The first kappa shape index (κ1) is 22.3. The Balaban J connectivity index is 1.56. The Bertz CT molecular complexity index is 1260. The predicted molar refractivity (Wildman–Crippen MR) is 114 cm³/mol. The minimum Gasteiger partial charge on any atom is -0.361 e. The van der Waals surface area contributed by atoms with Crippen LogP contribution < -0.4 is 5.32 Å². The van der Waals surface area contributed by atoms with Crippen LogP contribution in [0.1, 0.15) is 34.7 Å². The molecule has 1 aromatic carbocycles. The molecule has 0 radical (unpaired) electrons. The molecule has 33 heavy (non-hydrogen) atoms. The Hall–Kier alpha value is -3.87. The number of likely N-dealkylation sites (tertiary alicyclic amines) is 1. The fourth-order valence-electron chi connectivity index (χ4n) is 4.09. The van der Waals surface area contributed by atoms with E-state index in [0.717, 1.165) is 16.0 Å². The molecule has 1 N–H and O–H groups in total. The minimum absolute atomic E-state index is 0.108. The number of benzene rings is 1. The number of carbonyl (C=O) groups excluding carboxylic acids is 2. The maximum absolute atomic E-state index is 13.8. The smallest absolute Gasteiger partial charge is 0.265 e. The van der Waals surface area contributed by atoms with Crippen LogP contribution in [0, 0.1) is 25.2 Å². The molecular formula is C23H21F2N5O3. The van der Waals surface area contributed by atoms with Gasteiger partial charge in [0.2, 0.25) is 5.91 Å². The summed E-state index contributed by atoms with van der Waals surface area (Å²) in [5.74, 6) is -3.70. The summed E-state index contributed by atoms with van der Waals surface area (Å²) in [5, 5.41) is 16.2. The highest BCUT2D eigenvalue weighted by Gasteiger charge is 2.42. The number of amides is 2. The van der Waals surface area contributed by atoms with Gasteiger partial charge in [-0.25, -0.2) is 8.78 Å². The molecule has 1 atom stereocenters. The lowest BCUT2D eigenvalue weighted by atomic mass is 9.99. The highest BCUT2D eigenvalue weighted by molar-refractivity contribution is 6.07. The first-order valence-electron chi connectivity index (χ1n) is 10.4. The van der Waals surface area contributed by atoms with E-state index < -0.39 is 43.3 Å². The highest BCUT2D eigenvalue weighted by Crippen LogP contribution is 2.31. The first-order chi connectivity index (χ1) is 15.7. The summed E-state index contributed by atoms with van der Waals surface area (Å²) < 4.78 is 32.8. The van der Waals surface area contributed by atoms with Crippen molar-refractivity contribution in [2.45, 2.75) is 38.7 Å². The average Bonchev–Trinajstić information content (AvgIpc) is 3.13. The van der Waals surface area contributed by atoms with Gasteiger partial charge < -0.3 is 14.7 Å². The van der Waals surface area contributed by atoms with Gasteiger partial charge in [-0.3, -0.25) is 14.6 Å². The molecule has 3 heterocycles. The summed E-state index contributed by atoms with van der Waals surface area (Å²) in [7, 11) is 0. The van der Waals surface area contributed by atoms with Crippen LogP contribution in [0.5, 0.6) is 0 Å². The number of nitrogens with zero attached hydrogens (tertiary/aromatic N) is 4. The zero-order chi connectivity index (χ0) is 23.8. The highest BCUT2D eigenvalue weighted by atomic mass is 19.3. The summed E-state index contributed by atoms with van der Waals surface area (Å²) in [4.78, 5) is 30.6. The van der Waals surface area contributed by atoms with E-state index in [4.69, 9.17) is 4.52 Å². The zero-order valence-corrected chi connectivity index (χ0v) is 18.1. The quantitative estimate of drug-likeness (QED) is 0.648. The number of rotatable bonds is 4. The molecule has 0 bridgehead atoms. The van der Waals surface area contributed by atoms with Crippen molar-refractivity contribution >= 4 is 22.7 Å². The number of aromatic nitrogens is 2. The SMILES string of the molecule is Cc1noc(C)c1-c1ccc2nccc(C(=O)NCC(=O)N3CC(F)(F)CCC3C#N)c2c1. The van der Waals surface area contributed by atoms with Crippen molar-refractivity contribution in [3.05, 3.63) is 47.5 Å². The molecular weight excluding hydrogens is 432 g/mol. The Morgan fingerprint density at radius 2 is 2.12 bits per heavy atom. The molecule has 170 valence electrons. The average molecular weight is 453 g/mol. The normalized spacial score (nSPS) is 17.5. The number of alkyl halides is 2. The fraction of sp³-hybridized carbons (Fsp3) is 0.348. The Labute approximate surface area is 188 Å². The maximum atomic E-state index is 13.8. The lowest BCUT2D eigenvalue weighted by molar-refractivity contribution is -0.143. The molecule has 1 saturated heterocycles. The molecule has 0 spiro atoms. The van der Waals surface area contributed by atoms with Gasteiger partial charge in [-0.2, -0.15) is 5.26 Å². The van der Waals surface area contributed by atoms with Gasteiger partial charge in [0.1, 0.15) is 11.8 Å². The largest absolute Gasteiger partial charge is 0.361 e. The fourth-order valence-corrected chi connectivity index (χ4v) is 4.09. The van der Waals surface area contributed by atoms with E-state index in [2.05, 4.69) is 15.5 Å². The zero-order valence-electron chi connectivity index (χ0n) is 18.1. The number of halogens is 2. The lowest BCUT2D eigenvalue weighted by Crippen LogP contribution is -2.53. The molecule has 0 aliphatic carbocycles. The number of piperidine rings is 1. The molecule has 10 heteroatoms. The van der Waals surface area contributed by atoms with Crippen molar-refractivity contribution in [3.63, 3.8) is 0 Å². The van der Waals surface area contributed by atoms with Gasteiger partial charge in [0.05, 0.1) is 35.9 Å². The van der Waals surface area contributed by atoms with Gasteiger partial charge in [-0.1, -0.05) is 11.2 Å². The molecule has 1 unspecified atom stereocenters. The molecule has 8 nitrogen and oxygen atoms in total. The molecule has 0 saturated carbocycles. The van der Waals surface area contributed by atoms with Crippen molar-refractivity contribution in [3.8, 4) is 17.2 Å². The standard InChI is InChI=1S/C23H21F2N5O3/c1-13-21(14(2)33-29-13)15-3-4-19-18(9-15)17(6-8-27-19)22(32)28-11-20(31)30-12-23(24,25)7-5-16(30)10-26/h3-4,6,8-9,16H,5,7,11-12H2,1-2H3,(H,28,32). The summed E-state index contributed by atoms with van der Waals surface area (Å²) in [6, 6.07) is 7.88. The lowest BCUT2D eigenvalue weighted by Gasteiger charge is -2.36. The van der Waals surface area contributed by atoms with Gasteiger partial charge >= 0.3 is 0 Å². The van der Waals surface area contributed by atoms with Crippen LogP contribution in [0.3, 0.4) is 0 Å². The Morgan fingerprint density at radius 3 is 2.82 bits per heavy atom. The molecule has 1 aliphatic heterocycles. The van der Waals surface area contributed by atoms with E-state index >= 15 is 0 Å². The Kier molecular flexibility index (Phi) is 5.80. The van der Waals surface area contributed by atoms with Crippen LogP contribution in [0.4, 0.5) is 8.78 Å². The second-order valence-corrected chi connectivity index (χ2v) is 8.03. The number of nitriles is 1. The van der Waals surface area contributed by atoms with Crippen LogP contribution in [0.2, 0.25) is 0 Å². The number of hydrogen-bond donors (Lipinski definition) is 1. The van der Waals surface area contributed by atoms with E-state index in [1.54, 1.807) is 19.1 Å². The van der Waals surface area contributed by atoms with Gasteiger partial charge in [0, 0.05) is 23.6 Å². The molecule has 1 fully saturated rings. The number of nitrogens with one attached hydrogen (secondary N) is 1. The van der Waals surface area contributed by atoms with Crippen LogP contribution in [-0.4, -0.2) is 51.9 Å². The van der Waals surface area contributed by atoms with Crippen molar-refractivity contribution in [1.82, 2.24) is 20.4 Å². The Morgan fingerprint density at radius 1 is 1.33 bits per heavy atom. The molecule has 3 aromatic rings. The van der Waals surface area contributed by atoms with Crippen molar-refractivity contribution < 1.29 is 22.9 Å². The van der Waals surface area contributed by atoms with Gasteiger partial charge in [0.25, 0.3) is 11.8 Å². The van der Waals surface area contributed by atoms with E-state index in [1.165, 1.54) is 12.3 Å². The first-order valence-corrected chi connectivity index (χ1v) is 10.4. The second kappa shape index (κ2) is 8.58. The number of aryl methyl sites for hydroxylation is 2. The summed E-state index contributed by atoms with van der Waals surface area (Å²) in [6.07, 6.45) is 0.923. The second-order valence-electron chi connectivity index (χ2n) is 8.03. The van der Waals surface area contributed by atoms with E-state index in [0.29, 0.717) is 22.4 Å².